The predicted molar refractivity (Wildman–Crippen MR) is 114 cm³/mol. The van der Waals surface area contributed by atoms with Gasteiger partial charge in [0.05, 0.1) is 11.1 Å². The number of H-pyrrole nitrogens is 1. The largest absolute Gasteiger partial charge is 0.370 e. The molecule has 0 aliphatic heterocycles. The van der Waals surface area contributed by atoms with Gasteiger partial charge in [0.15, 0.2) is 0 Å². The van der Waals surface area contributed by atoms with Crippen LogP contribution in [-0.2, 0) is 6.42 Å². The normalized spacial score (nSPS) is 10.7. The Balaban J connectivity index is 1.44. The number of rotatable bonds is 6. The van der Waals surface area contributed by atoms with Crippen LogP contribution >= 0.6 is 0 Å². The molecule has 0 bridgehead atoms. The molecule has 0 spiro atoms. The summed E-state index contributed by atoms with van der Waals surface area (Å²) in [6.07, 6.45) is 3.68. The second kappa shape index (κ2) is 8.17. The van der Waals surface area contributed by atoms with Crippen LogP contribution in [0.5, 0.6) is 0 Å². The van der Waals surface area contributed by atoms with Crippen molar-refractivity contribution in [3.8, 4) is 6.07 Å². The van der Waals surface area contributed by atoms with E-state index in [4.69, 9.17) is 5.26 Å². The number of fused-ring (bicyclic) bond motifs is 1. The van der Waals surface area contributed by atoms with Crippen LogP contribution in [-0.4, -0.2) is 26.5 Å². The van der Waals surface area contributed by atoms with Gasteiger partial charge in [-0.25, -0.2) is 19.3 Å². The topological polar surface area (TPSA) is 102 Å². The third kappa shape index (κ3) is 3.91. The zero-order valence-electron chi connectivity index (χ0n) is 16.6. The van der Waals surface area contributed by atoms with Crippen LogP contribution in [0.15, 0.2) is 42.9 Å². The van der Waals surface area contributed by atoms with E-state index < -0.39 is 0 Å². The summed E-state index contributed by atoms with van der Waals surface area (Å²) in [5.41, 5.74) is 4.18. The van der Waals surface area contributed by atoms with Crippen molar-refractivity contribution in [1.29, 1.82) is 5.26 Å². The van der Waals surface area contributed by atoms with Crippen LogP contribution in [0.2, 0.25) is 0 Å². The minimum absolute atomic E-state index is 0.235. The lowest BCUT2D eigenvalue weighted by atomic mass is 10.0. The van der Waals surface area contributed by atoms with Gasteiger partial charge in [-0.1, -0.05) is 6.07 Å². The molecule has 0 aliphatic rings. The van der Waals surface area contributed by atoms with Gasteiger partial charge in [0.2, 0.25) is 0 Å². The second-order valence-electron chi connectivity index (χ2n) is 6.98. The molecule has 8 heteroatoms. The molecule has 30 heavy (non-hydrogen) atoms. The number of aryl methyl sites for hydroxylation is 2. The van der Waals surface area contributed by atoms with Crippen LogP contribution in [0.1, 0.15) is 22.4 Å². The SMILES string of the molecule is Cc1[nH]c2c(F)ccc(C)c2c1CCNc1cc(Nc2ccc(C#N)cn2)ncn1. The lowest BCUT2D eigenvalue weighted by molar-refractivity contribution is 0.637. The molecule has 0 radical (unpaired) electrons. The molecule has 0 atom stereocenters. The first-order valence-corrected chi connectivity index (χ1v) is 9.50. The van der Waals surface area contributed by atoms with E-state index in [9.17, 15) is 4.39 Å². The van der Waals surface area contributed by atoms with Gasteiger partial charge < -0.3 is 15.6 Å². The van der Waals surface area contributed by atoms with Crippen molar-refractivity contribution in [2.24, 2.45) is 0 Å². The maximum absolute atomic E-state index is 14.1. The van der Waals surface area contributed by atoms with Gasteiger partial charge in [-0.05, 0) is 49.6 Å². The summed E-state index contributed by atoms with van der Waals surface area (Å²) in [6, 6.07) is 10.5. The number of pyridine rings is 1. The average Bonchev–Trinajstić information content (AvgIpc) is 3.09. The van der Waals surface area contributed by atoms with E-state index in [1.807, 2.05) is 19.9 Å². The number of anilines is 3. The Labute approximate surface area is 173 Å². The number of aromatic amines is 1. The highest BCUT2D eigenvalue weighted by Crippen LogP contribution is 2.28. The van der Waals surface area contributed by atoms with Crippen molar-refractivity contribution in [1.82, 2.24) is 19.9 Å². The highest BCUT2D eigenvalue weighted by atomic mass is 19.1. The molecular formula is C22H20FN7. The number of hydrogen-bond acceptors (Lipinski definition) is 6. The number of nitrogens with zero attached hydrogens (tertiary/aromatic N) is 4. The van der Waals surface area contributed by atoms with Crippen molar-refractivity contribution in [3.05, 3.63) is 71.1 Å². The van der Waals surface area contributed by atoms with E-state index in [2.05, 4.69) is 30.6 Å². The monoisotopic (exact) mass is 401 g/mol. The maximum Gasteiger partial charge on any atom is 0.147 e. The number of hydrogen-bond donors (Lipinski definition) is 3. The fourth-order valence-electron chi connectivity index (χ4n) is 3.46. The second-order valence-corrected chi connectivity index (χ2v) is 6.98. The summed E-state index contributed by atoms with van der Waals surface area (Å²) in [5.74, 6) is 1.61. The van der Waals surface area contributed by atoms with Gasteiger partial charge >= 0.3 is 0 Å². The molecule has 3 aromatic heterocycles. The van der Waals surface area contributed by atoms with Crippen molar-refractivity contribution in [3.63, 3.8) is 0 Å². The van der Waals surface area contributed by atoms with E-state index in [-0.39, 0.29) is 5.82 Å². The van der Waals surface area contributed by atoms with Crippen LogP contribution < -0.4 is 10.6 Å². The Hall–Kier alpha value is -3.99. The molecule has 0 saturated heterocycles. The predicted octanol–water partition coefficient (Wildman–Crippen LogP) is 4.38. The molecule has 150 valence electrons. The molecule has 0 aliphatic carbocycles. The minimum atomic E-state index is -0.235. The fourth-order valence-corrected chi connectivity index (χ4v) is 3.46. The quantitative estimate of drug-likeness (QED) is 0.443. The standard InChI is InChI=1S/C22H20FN7/c1-13-3-5-17(23)22-21(13)16(14(2)29-22)7-8-25-19-9-20(28-12-27-19)30-18-6-4-15(10-24)11-26-18/h3-6,9,11-12,29H,7-8H2,1-2H3,(H2,25,26,27,28,30). The first-order valence-electron chi connectivity index (χ1n) is 9.50. The van der Waals surface area contributed by atoms with Gasteiger partial charge in [-0.3, -0.25) is 0 Å². The zero-order valence-corrected chi connectivity index (χ0v) is 16.6. The molecule has 0 saturated carbocycles. The average molecular weight is 401 g/mol. The van der Waals surface area contributed by atoms with Crippen molar-refractivity contribution >= 4 is 28.4 Å². The molecule has 3 N–H and O–H groups in total. The van der Waals surface area contributed by atoms with Gasteiger partial charge in [0.25, 0.3) is 0 Å². The van der Waals surface area contributed by atoms with E-state index in [0.29, 0.717) is 35.1 Å². The third-order valence-corrected chi connectivity index (χ3v) is 4.93. The van der Waals surface area contributed by atoms with E-state index >= 15 is 0 Å². The first-order chi connectivity index (χ1) is 14.5. The summed E-state index contributed by atoms with van der Waals surface area (Å²) in [6.45, 7) is 4.59. The Bertz CT molecular complexity index is 1240. The highest BCUT2D eigenvalue weighted by Gasteiger charge is 2.13. The Morgan fingerprint density at radius 1 is 1.07 bits per heavy atom. The van der Waals surface area contributed by atoms with Gasteiger partial charge in [-0.15, -0.1) is 0 Å². The van der Waals surface area contributed by atoms with Gasteiger partial charge in [-0.2, -0.15) is 5.26 Å². The first kappa shape index (κ1) is 19.3. The third-order valence-electron chi connectivity index (χ3n) is 4.93. The summed E-state index contributed by atoms with van der Waals surface area (Å²) in [4.78, 5) is 15.8. The van der Waals surface area contributed by atoms with E-state index in [0.717, 1.165) is 28.6 Å². The molecule has 0 fully saturated rings. The molecular weight excluding hydrogens is 381 g/mol. The Morgan fingerprint density at radius 3 is 2.67 bits per heavy atom. The lowest BCUT2D eigenvalue weighted by Gasteiger charge is -2.09. The highest BCUT2D eigenvalue weighted by molar-refractivity contribution is 5.88. The molecule has 3 heterocycles. The lowest BCUT2D eigenvalue weighted by Crippen LogP contribution is -2.08. The van der Waals surface area contributed by atoms with Crippen LogP contribution in [0.25, 0.3) is 10.9 Å². The molecule has 1 aromatic carbocycles. The van der Waals surface area contributed by atoms with E-state index in [1.54, 1.807) is 24.3 Å². The maximum atomic E-state index is 14.1. The number of benzene rings is 1. The Kier molecular flexibility index (Phi) is 5.26. The number of halogens is 1. The van der Waals surface area contributed by atoms with Gasteiger partial charge in [0.1, 0.15) is 35.7 Å². The molecule has 0 unspecified atom stereocenters. The zero-order chi connectivity index (χ0) is 21.1. The van der Waals surface area contributed by atoms with E-state index in [1.165, 1.54) is 18.6 Å². The van der Waals surface area contributed by atoms with Crippen molar-refractivity contribution in [2.45, 2.75) is 20.3 Å². The minimum Gasteiger partial charge on any atom is -0.370 e. The van der Waals surface area contributed by atoms with Crippen LogP contribution in [0.4, 0.5) is 21.8 Å². The van der Waals surface area contributed by atoms with Crippen molar-refractivity contribution < 1.29 is 4.39 Å². The van der Waals surface area contributed by atoms with Gasteiger partial charge in [0, 0.05) is 29.9 Å². The number of nitriles is 1. The fraction of sp³-hybridized carbons (Fsp3) is 0.182. The summed E-state index contributed by atoms with van der Waals surface area (Å²) in [5, 5.41) is 16.2. The molecule has 0 amide bonds. The number of nitrogens with one attached hydrogen (secondary N) is 3. The summed E-state index contributed by atoms with van der Waals surface area (Å²) in [7, 11) is 0. The smallest absolute Gasteiger partial charge is 0.147 e. The van der Waals surface area contributed by atoms with Crippen LogP contribution in [0.3, 0.4) is 0 Å². The number of aromatic nitrogens is 4. The molecule has 7 nitrogen and oxygen atoms in total. The van der Waals surface area contributed by atoms with Crippen molar-refractivity contribution in [2.75, 3.05) is 17.2 Å². The van der Waals surface area contributed by atoms with Crippen LogP contribution in [0, 0.1) is 31.0 Å². The molecule has 4 aromatic rings. The molecule has 4 rings (SSSR count). The summed E-state index contributed by atoms with van der Waals surface area (Å²) >= 11 is 0. The summed E-state index contributed by atoms with van der Waals surface area (Å²) < 4.78 is 14.1. The Morgan fingerprint density at radius 2 is 1.90 bits per heavy atom.